The van der Waals surface area contributed by atoms with Crippen LogP contribution in [-0.4, -0.2) is 53.6 Å². The smallest absolute Gasteiger partial charge is 0.329 e. The number of amides is 2. The normalized spacial score (nSPS) is 21.2. The Balaban J connectivity index is 1.75. The molecule has 0 bridgehead atoms. The highest BCUT2D eigenvalue weighted by Crippen LogP contribution is 2.28. The van der Waals surface area contributed by atoms with Gasteiger partial charge in [0.2, 0.25) is 0 Å². The first-order valence-corrected chi connectivity index (χ1v) is 9.48. The summed E-state index contributed by atoms with van der Waals surface area (Å²) in [5.74, 6) is -0.273. The van der Waals surface area contributed by atoms with Crippen molar-refractivity contribution in [2.24, 2.45) is 0 Å². The van der Waals surface area contributed by atoms with Crippen molar-refractivity contribution in [3.05, 3.63) is 35.9 Å². The van der Waals surface area contributed by atoms with Gasteiger partial charge >= 0.3 is 12.0 Å². The van der Waals surface area contributed by atoms with E-state index in [0.29, 0.717) is 19.6 Å². The Kier molecular flexibility index (Phi) is 5.95. The second-order valence-corrected chi connectivity index (χ2v) is 7.00. The molecule has 1 aromatic rings. The van der Waals surface area contributed by atoms with Crippen molar-refractivity contribution < 1.29 is 14.3 Å². The zero-order chi connectivity index (χ0) is 17.6. The molecule has 2 fully saturated rings. The number of benzene rings is 1. The average Bonchev–Trinajstić information content (AvgIpc) is 2.97. The van der Waals surface area contributed by atoms with Gasteiger partial charge in [0, 0.05) is 19.5 Å². The van der Waals surface area contributed by atoms with E-state index in [9.17, 15) is 9.59 Å². The fourth-order valence-corrected chi connectivity index (χ4v) is 3.74. The molecule has 0 spiro atoms. The van der Waals surface area contributed by atoms with Crippen LogP contribution in [0.25, 0.3) is 0 Å². The fourth-order valence-electron chi connectivity index (χ4n) is 3.74. The summed E-state index contributed by atoms with van der Waals surface area (Å²) in [6.45, 7) is 3.94. The lowest BCUT2D eigenvalue weighted by Gasteiger charge is -2.28. The number of unbranched alkanes of at least 4 members (excludes halogenated alkanes) is 1. The molecule has 2 aliphatic heterocycles. The number of carbonyl (C=O) groups is 2. The fraction of sp³-hybridized carbons (Fsp3) is 0.600. The molecule has 0 N–H and O–H groups in total. The highest BCUT2D eigenvalue weighted by Gasteiger charge is 2.44. The Morgan fingerprint density at radius 3 is 2.80 bits per heavy atom. The third-order valence-electron chi connectivity index (χ3n) is 5.19. The first-order valence-electron chi connectivity index (χ1n) is 9.48. The minimum Gasteiger partial charge on any atom is -0.464 e. The zero-order valence-electron chi connectivity index (χ0n) is 15.0. The molecule has 5 heteroatoms. The Labute approximate surface area is 149 Å². The van der Waals surface area contributed by atoms with Crippen molar-refractivity contribution in [1.29, 1.82) is 0 Å². The van der Waals surface area contributed by atoms with Gasteiger partial charge in [-0.15, -0.1) is 0 Å². The Morgan fingerprint density at radius 2 is 2.08 bits per heavy atom. The molecular weight excluding hydrogens is 316 g/mol. The predicted octanol–water partition coefficient (Wildman–Crippen LogP) is 3.23. The lowest BCUT2D eigenvalue weighted by molar-refractivity contribution is -0.148. The number of rotatable bonds is 7. The Hall–Kier alpha value is -2.04. The van der Waals surface area contributed by atoms with Crippen molar-refractivity contribution in [2.45, 2.75) is 57.5 Å². The highest BCUT2D eigenvalue weighted by atomic mass is 16.5. The quantitative estimate of drug-likeness (QED) is 0.564. The van der Waals surface area contributed by atoms with Crippen LogP contribution in [0.3, 0.4) is 0 Å². The number of piperidine rings is 1. The van der Waals surface area contributed by atoms with E-state index in [4.69, 9.17) is 4.74 Å². The first-order chi connectivity index (χ1) is 12.2. The molecule has 1 aromatic carbocycles. The van der Waals surface area contributed by atoms with E-state index in [1.54, 1.807) is 4.90 Å². The first kappa shape index (κ1) is 17.8. The van der Waals surface area contributed by atoms with Crippen molar-refractivity contribution in [3.63, 3.8) is 0 Å². The van der Waals surface area contributed by atoms with Gasteiger partial charge in [0.25, 0.3) is 0 Å². The highest BCUT2D eigenvalue weighted by molar-refractivity contribution is 5.85. The number of fused-ring (bicyclic) bond motifs is 1. The van der Waals surface area contributed by atoms with Crippen LogP contribution < -0.4 is 0 Å². The van der Waals surface area contributed by atoms with Crippen molar-refractivity contribution in [2.75, 3.05) is 19.7 Å². The van der Waals surface area contributed by atoms with Crippen molar-refractivity contribution in [1.82, 2.24) is 9.80 Å². The van der Waals surface area contributed by atoms with Gasteiger partial charge in [-0.05, 0) is 31.2 Å². The van der Waals surface area contributed by atoms with Gasteiger partial charge in [0.1, 0.15) is 6.04 Å². The standard InChI is InChI=1S/C20H28N2O3/c1-2-3-13-25-19(23)18(14-16-9-5-4-6-10-16)22-15-17-11-7-8-12-21(17)20(22)24/h4-6,9-10,17-18H,2-3,7-8,11-15H2,1H3/t17?,18-/m1/s1. The molecule has 0 saturated carbocycles. The zero-order valence-corrected chi connectivity index (χ0v) is 15.0. The van der Waals surface area contributed by atoms with Gasteiger partial charge < -0.3 is 14.5 Å². The van der Waals surface area contributed by atoms with Crippen LogP contribution in [0.1, 0.15) is 44.6 Å². The molecule has 2 amide bonds. The van der Waals surface area contributed by atoms with E-state index in [0.717, 1.165) is 44.2 Å². The maximum Gasteiger partial charge on any atom is 0.329 e. The predicted molar refractivity (Wildman–Crippen MR) is 96.2 cm³/mol. The van der Waals surface area contributed by atoms with E-state index >= 15 is 0 Å². The lowest BCUT2D eigenvalue weighted by atomic mass is 10.0. The lowest BCUT2D eigenvalue weighted by Crippen LogP contribution is -2.46. The van der Waals surface area contributed by atoms with Crippen LogP contribution in [0.2, 0.25) is 0 Å². The average molecular weight is 344 g/mol. The number of ether oxygens (including phenoxy) is 1. The number of nitrogens with zero attached hydrogens (tertiary/aromatic N) is 2. The molecule has 2 heterocycles. The van der Waals surface area contributed by atoms with E-state index in [-0.39, 0.29) is 18.0 Å². The molecule has 1 unspecified atom stereocenters. The van der Waals surface area contributed by atoms with Crippen LogP contribution in [0.15, 0.2) is 30.3 Å². The number of hydrogen-bond acceptors (Lipinski definition) is 3. The van der Waals surface area contributed by atoms with Crippen molar-refractivity contribution in [3.8, 4) is 0 Å². The molecule has 0 aromatic heterocycles. The SMILES string of the molecule is CCCCOC(=O)[C@@H](Cc1ccccc1)N1CC2CCCCN2C1=O. The monoisotopic (exact) mass is 344 g/mol. The number of urea groups is 1. The molecule has 2 atom stereocenters. The van der Waals surface area contributed by atoms with E-state index in [1.165, 1.54) is 0 Å². The van der Waals surface area contributed by atoms with E-state index in [2.05, 4.69) is 6.92 Å². The second kappa shape index (κ2) is 8.37. The summed E-state index contributed by atoms with van der Waals surface area (Å²) in [6, 6.07) is 9.60. The summed E-state index contributed by atoms with van der Waals surface area (Å²) >= 11 is 0. The largest absolute Gasteiger partial charge is 0.464 e. The maximum absolute atomic E-state index is 12.8. The van der Waals surface area contributed by atoms with Crippen molar-refractivity contribution >= 4 is 12.0 Å². The molecule has 3 rings (SSSR count). The van der Waals surface area contributed by atoms with Gasteiger partial charge in [-0.2, -0.15) is 0 Å². The Morgan fingerprint density at radius 1 is 1.28 bits per heavy atom. The van der Waals surface area contributed by atoms with Gasteiger partial charge in [0.05, 0.1) is 12.6 Å². The van der Waals surface area contributed by atoms with Crippen LogP contribution in [0.5, 0.6) is 0 Å². The second-order valence-electron chi connectivity index (χ2n) is 7.00. The molecular formula is C20H28N2O3. The third-order valence-corrected chi connectivity index (χ3v) is 5.19. The minimum atomic E-state index is -0.530. The molecule has 136 valence electrons. The molecule has 25 heavy (non-hydrogen) atoms. The van der Waals surface area contributed by atoms with Gasteiger partial charge in [-0.25, -0.2) is 9.59 Å². The third kappa shape index (κ3) is 4.14. The van der Waals surface area contributed by atoms with Gasteiger partial charge in [0.15, 0.2) is 0 Å². The van der Waals surface area contributed by atoms with Crippen LogP contribution in [-0.2, 0) is 16.0 Å². The molecule has 2 saturated heterocycles. The van der Waals surface area contributed by atoms with Crippen LogP contribution >= 0.6 is 0 Å². The number of carbonyl (C=O) groups excluding carboxylic acids is 2. The van der Waals surface area contributed by atoms with Crippen LogP contribution in [0, 0.1) is 0 Å². The molecule has 0 aliphatic carbocycles. The summed E-state index contributed by atoms with van der Waals surface area (Å²) in [5, 5.41) is 0. The number of hydrogen-bond donors (Lipinski definition) is 0. The summed E-state index contributed by atoms with van der Waals surface area (Å²) in [7, 11) is 0. The summed E-state index contributed by atoms with van der Waals surface area (Å²) in [6.07, 6.45) is 5.60. The van der Waals surface area contributed by atoms with Gasteiger partial charge in [-0.1, -0.05) is 43.7 Å². The van der Waals surface area contributed by atoms with E-state index in [1.807, 2.05) is 35.2 Å². The minimum absolute atomic E-state index is 0.00178. The summed E-state index contributed by atoms with van der Waals surface area (Å²) in [5.41, 5.74) is 1.05. The molecule has 5 nitrogen and oxygen atoms in total. The molecule has 0 radical (unpaired) electrons. The summed E-state index contributed by atoms with van der Waals surface area (Å²) in [4.78, 5) is 29.3. The molecule has 2 aliphatic rings. The van der Waals surface area contributed by atoms with E-state index < -0.39 is 6.04 Å². The van der Waals surface area contributed by atoms with Gasteiger partial charge in [-0.3, -0.25) is 0 Å². The van der Waals surface area contributed by atoms with Crippen LogP contribution in [0.4, 0.5) is 4.79 Å². The number of esters is 1. The maximum atomic E-state index is 12.8. The Bertz CT molecular complexity index is 590. The summed E-state index contributed by atoms with van der Waals surface area (Å²) < 4.78 is 5.48. The topological polar surface area (TPSA) is 49.9 Å².